The van der Waals surface area contributed by atoms with E-state index in [9.17, 15) is 9.50 Å². The summed E-state index contributed by atoms with van der Waals surface area (Å²) in [6.07, 6.45) is 1.05. The molecule has 1 unspecified atom stereocenters. The van der Waals surface area contributed by atoms with Crippen molar-refractivity contribution in [3.63, 3.8) is 0 Å². The van der Waals surface area contributed by atoms with Gasteiger partial charge in [0, 0.05) is 0 Å². The zero-order chi connectivity index (χ0) is 9.40. The van der Waals surface area contributed by atoms with Crippen molar-refractivity contribution in [2.45, 2.75) is 13.0 Å². The third-order valence-corrected chi connectivity index (χ3v) is 1.06. The van der Waals surface area contributed by atoms with E-state index < -0.39 is 12.0 Å². The maximum atomic E-state index is 10.8. The van der Waals surface area contributed by atoms with E-state index in [4.69, 9.17) is 5.73 Å². The normalized spacial score (nSPS) is 12.5. The zero-order valence-electron chi connectivity index (χ0n) is 6.90. The van der Waals surface area contributed by atoms with Gasteiger partial charge in [-0.2, -0.15) is 0 Å². The van der Waals surface area contributed by atoms with Crippen molar-refractivity contribution in [1.29, 1.82) is 0 Å². The second-order valence-corrected chi connectivity index (χ2v) is 2.01. The zero-order valence-corrected chi connectivity index (χ0v) is 6.90. The molecule has 0 radical (unpaired) electrons. The number of aliphatic imine (C=N–C) groups is 1. The first-order valence-electron chi connectivity index (χ1n) is 3.58. The quantitative estimate of drug-likeness (QED) is 0.324. The molecule has 5 nitrogen and oxygen atoms in total. The summed E-state index contributed by atoms with van der Waals surface area (Å²) >= 11 is 0. The molecule has 0 aromatic carbocycles. The van der Waals surface area contributed by atoms with Crippen LogP contribution in [0.4, 0.5) is 0 Å². The molecule has 0 aromatic rings. The van der Waals surface area contributed by atoms with Gasteiger partial charge >= 0.3 is 70.3 Å². The van der Waals surface area contributed by atoms with Gasteiger partial charge in [-0.3, -0.25) is 0 Å². The van der Waals surface area contributed by atoms with Crippen LogP contribution in [-0.2, 0) is 14.2 Å². The standard InChI is InChI=1S/C6H11BN2O3/c1-2-12-6(10)5(8)3-9-4-7-11/h4-5H,2-3,8H2,1H3. The van der Waals surface area contributed by atoms with Crippen molar-refractivity contribution in [1.82, 2.24) is 0 Å². The average molecular weight is 170 g/mol. The maximum absolute atomic E-state index is 10.8. The number of ether oxygens (including phenoxy) is 1. The van der Waals surface area contributed by atoms with E-state index in [1.165, 1.54) is 0 Å². The van der Waals surface area contributed by atoms with Crippen LogP contribution >= 0.6 is 0 Å². The summed E-state index contributed by atoms with van der Waals surface area (Å²) in [6, 6.07) is -0.777. The number of carbonyl (C=O) groups is 1. The average Bonchev–Trinajstić information content (AvgIpc) is 2.05. The van der Waals surface area contributed by atoms with Crippen LogP contribution < -0.4 is 5.73 Å². The molecule has 0 amide bonds. The Hall–Kier alpha value is -1.04. The minimum atomic E-state index is -0.777. The van der Waals surface area contributed by atoms with E-state index in [2.05, 4.69) is 9.73 Å². The molecular formula is C6H11BN2O3. The van der Waals surface area contributed by atoms with Crippen LogP contribution in [0.15, 0.2) is 4.99 Å². The molecule has 0 saturated carbocycles. The van der Waals surface area contributed by atoms with Gasteiger partial charge in [0.25, 0.3) is 0 Å². The SMILES string of the molecule is CCOC(=O)C(N)CN=CB=O. The monoisotopic (exact) mass is 170 g/mol. The van der Waals surface area contributed by atoms with Crippen LogP contribution in [0.2, 0.25) is 0 Å². The second kappa shape index (κ2) is 6.66. The number of nitrogens with two attached hydrogens (primary N) is 1. The number of hydrogen-bond donors (Lipinski definition) is 1. The van der Waals surface area contributed by atoms with Gasteiger partial charge in [-0.25, -0.2) is 0 Å². The summed E-state index contributed by atoms with van der Waals surface area (Å²) in [5.41, 5.74) is 5.34. The molecule has 0 spiro atoms. The van der Waals surface area contributed by atoms with Gasteiger partial charge in [-0.1, -0.05) is 0 Å². The van der Waals surface area contributed by atoms with Gasteiger partial charge in [0.2, 0.25) is 0 Å². The molecule has 6 heteroatoms. The van der Waals surface area contributed by atoms with Crippen molar-refractivity contribution in [2.24, 2.45) is 10.7 Å². The molecular weight excluding hydrogens is 159 g/mol. The van der Waals surface area contributed by atoms with Gasteiger partial charge in [0.15, 0.2) is 0 Å². The van der Waals surface area contributed by atoms with Crippen molar-refractivity contribution >= 4 is 19.2 Å². The number of esters is 1. The number of hydrogen-bond acceptors (Lipinski definition) is 5. The predicted octanol–water partition coefficient (Wildman–Crippen LogP) is -1.05. The molecule has 66 valence electrons. The van der Waals surface area contributed by atoms with Gasteiger partial charge < -0.3 is 0 Å². The number of nitrogens with zero attached hydrogens (tertiary/aromatic N) is 1. The Bertz CT molecular complexity index is 184. The molecule has 12 heavy (non-hydrogen) atoms. The Balaban J connectivity index is 3.70. The molecule has 0 aliphatic rings. The van der Waals surface area contributed by atoms with Gasteiger partial charge in [0.1, 0.15) is 0 Å². The van der Waals surface area contributed by atoms with E-state index in [1.807, 2.05) is 0 Å². The van der Waals surface area contributed by atoms with E-state index in [0.29, 0.717) is 13.8 Å². The molecule has 1 atom stereocenters. The third-order valence-electron chi connectivity index (χ3n) is 1.06. The third kappa shape index (κ3) is 4.73. The molecule has 0 aromatic heterocycles. The van der Waals surface area contributed by atoms with Crippen LogP contribution in [0.1, 0.15) is 6.92 Å². The molecule has 0 aliphatic heterocycles. The predicted molar refractivity (Wildman–Crippen MR) is 44.4 cm³/mol. The van der Waals surface area contributed by atoms with Gasteiger partial charge in [-0.05, 0) is 0 Å². The molecule has 0 heterocycles. The molecule has 0 saturated heterocycles. The van der Waals surface area contributed by atoms with Crippen molar-refractivity contribution in [2.75, 3.05) is 13.2 Å². The molecule has 0 bridgehead atoms. The Morgan fingerprint density at radius 3 is 3.00 bits per heavy atom. The van der Waals surface area contributed by atoms with Crippen LogP contribution in [0.3, 0.4) is 0 Å². The van der Waals surface area contributed by atoms with E-state index in [-0.39, 0.29) is 6.54 Å². The molecule has 0 aliphatic carbocycles. The van der Waals surface area contributed by atoms with Crippen LogP contribution in [0.5, 0.6) is 0 Å². The Morgan fingerprint density at radius 1 is 1.83 bits per heavy atom. The van der Waals surface area contributed by atoms with Crippen LogP contribution in [0.25, 0.3) is 0 Å². The Morgan fingerprint density at radius 2 is 2.50 bits per heavy atom. The summed E-state index contributed by atoms with van der Waals surface area (Å²) in [5.74, 6) is -0.499. The first-order valence-corrected chi connectivity index (χ1v) is 3.58. The minimum absolute atomic E-state index is 0.0809. The first-order chi connectivity index (χ1) is 5.72. The summed E-state index contributed by atoms with van der Waals surface area (Å²) in [6.45, 7) is 2.07. The van der Waals surface area contributed by atoms with Crippen molar-refractivity contribution in [3.05, 3.63) is 0 Å². The van der Waals surface area contributed by atoms with E-state index in [1.54, 1.807) is 6.92 Å². The summed E-state index contributed by atoms with van der Waals surface area (Å²) < 4.78 is 14.4. The fourth-order valence-corrected chi connectivity index (χ4v) is 0.541. The number of rotatable bonds is 5. The Kier molecular flexibility index (Phi) is 6.09. The summed E-state index contributed by atoms with van der Waals surface area (Å²) in [5, 5.41) is 0. The van der Waals surface area contributed by atoms with Crippen LogP contribution in [-0.4, -0.2) is 38.4 Å². The first kappa shape index (κ1) is 11.0. The van der Waals surface area contributed by atoms with E-state index in [0.717, 1.165) is 6.11 Å². The fourth-order valence-electron chi connectivity index (χ4n) is 0.541. The summed E-state index contributed by atoms with van der Waals surface area (Å²) in [4.78, 5) is 14.4. The summed E-state index contributed by atoms with van der Waals surface area (Å²) in [7, 11) is 0.526. The van der Waals surface area contributed by atoms with Gasteiger partial charge in [0.05, 0.1) is 0 Å². The molecule has 0 rings (SSSR count). The molecule has 2 N–H and O–H groups in total. The molecule has 0 fully saturated rings. The van der Waals surface area contributed by atoms with E-state index >= 15 is 0 Å². The van der Waals surface area contributed by atoms with Crippen molar-refractivity contribution < 1.29 is 14.2 Å². The number of carbonyl (C=O) groups excluding carboxylic acids is 1. The fraction of sp³-hybridized carbons (Fsp3) is 0.667. The van der Waals surface area contributed by atoms with Gasteiger partial charge in [-0.15, -0.1) is 0 Å². The topological polar surface area (TPSA) is 81.8 Å². The Labute approximate surface area is 71.2 Å². The van der Waals surface area contributed by atoms with Crippen LogP contribution in [0, 0.1) is 0 Å². The second-order valence-electron chi connectivity index (χ2n) is 2.01. The van der Waals surface area contributed by atoms with Crippen molar-refractivity contribution in [3.8, 4) is 0 Å².